The lowest BCUT2D eigenvalue weighted by molar-refractivity contribution is -0.137. The number of carboxylic acids is 1. The highest BCUT2D eigenvalue weighted by molar-refractivity contribution is 5.66. The fourth-order valence-electron chi connectivity index (χ4n) is 0.599. The molecular weight excluding hydrogens is 152 g/mol. The summed E-state index contributed by atoms with van der Waals surface area (Å²) in [5, 5.41) is 7.91. The van der Waals surface area contributed by atoms with Crippen molar-refractivity contribution in [2.24, 2.45) is 0 Å². The molecular formula is C10H14O2. The maximum atomic E-state index is 9.60. The molecule has 0 atom stereocenters. The van der Waals surface area contributed by atoms with Gasteiger partial charge in [0.05, 0.1) is 0 Å². The zero-order valence-corrected chi connectivity index (χ0v) is 7.23. The second kappa shape index (κ2) is 7.79. The molecule has 0 saturated carbocycles. The zero-order chi connectivity index (χ0) is 9.23. The van der Waals surface area contributed by atoms with Crippen LogP contribution in [0.15, 0.2) is 36.4 Å². The normalized spacial score (nSPS) is 8.08. The van der Waals surface area contributed by atoms with Crippen LogP contribution in [0.4, 0.5) is 0 Å². The average Bonchev–Trinajstić information content (AvgIpc) is 2.08. The predicted octanol–water partition coefficient (Wildman–Crippen LogP) is 2.56. The number of hydrogen-bond acceptors (Lipinski definition) is 1. The molecule has 0 heterocycles. The van der Waals surface area contributed by atoms with Gasteiger partial charge >= 0.3 is 5.97 Å². The predicted molar refractivity (Wildman–Crippen MR) is 49.0 cm³/mol. The Morgan fingerprint density at radius 2 is 1.42 bits per heavy atom. The van der Waals surface area contributed by atoms with Crippen molar-refractivity contribution in [1.29, 1.82) is 0 Å². The Morgan fingerprint density at radius 1 is 1.08 bits per heavy atom. The molecule has 0 aliphatic carbocycles. The minimum Gasteiger partial charge on any atom is -0.481 e. The highest BCUT2D eigenvalue weighted by atomic mass is 16.4. The van der Waals surface area contributed by atoms with Gasteiger partial charge in [0.1, 0.15) is 0 Å². The molecule has 0 saturated heterocycles. The van der Waals surface area contributed by atoms with Gasteiger partial charge < -0.3 is 5.11 Å². The number of rotatable bonds is 2. The Kier molecular flexibility index (Phi) is 6.94. The molecule has 0 spiro atoms. The van der Waals surface area contributed by atoms with E-state index in [1.54, 1.807) is 0 Å². The highest BCUT2D eigenvalue weighted by Gasteiger charge is 1.87. The number of aliphatic carboxylic acids is 1. The fraction of sp³-hybridized carbons (Fsp3) is 0.300. The molecule has 0 fully saturated rings. The van der Waals surface area contributed by atoms with Crippen molar-refractivity contribution < 1.29 is 9.90 Å². The second-order valence-electron chi connectivity index (χ2n) is 2.30. The monoisotopic (exact) mass is 166 g/mol. The summed E-state index contributed by atoms with van der Waals surface area (Å²) >= 11 is 0. The highest BCUT2D eigenvalue weighted by Crippen LogP contribution is 1.82. The molecule has 12 heavy (non-hydrogen) atoms. The molecule has 66 valence electrons. The fourth-order valence-corrected chi connectivity index (χ4v) is 0.599. The summed E-state index contributed by atoms with van der Waals surface area (Å²) in [6, 6.07) is 12.0. The molecule has 0 unspecified atom stereocenters. The first-order valence-corrected chi connectivity index (χ1v) is 3.99. The zero-order valence-electron chi connectivity index (χ0n) is 7.23. The molecule has 2 heteroatoms. The first-order chi connectivity index (χ1) is 5.77. The van der Waals surface area contributed by atoms with E-state index in [1.807, 2.05) is 43.3 Å². The molecule has 0 bridgehead atoms. The van der Waals surface area contributed by atoms with Crippen LogP contribution < -0.4 is 0 Å². The summed E-state index contributed by atoms with van der Waals surface area (Å²) in [4.78, 5) is 9.60. The van der Waals surface area contributed by atoms with E-state index in [0.29, 0.717) is 6.42 Å². The van der Waals surface area contributed by atoms with E-state index < -0.39 is 5.97 Å². The van der Waals surface area contributed by atoms with Crippen LogP contribution in [0.25, 0.3) is 0 Å². The van der Waals surface area contributed by atoms with E-state index in [4.69, 9.17) is 5.11 Å². The van der Waals surface area contributed by atoms with E-state index >= 15 is 0 Å². The van der Waals surface area contributed by atoms with Crippen LogP contribution in [0.3, 0.4) is 0 Å². The lowest BCUT2D eigenvalue weighted by atomic mass is 10.4. The quantitative estimate of drug-likeness (QED) is 0.733. The smallest absolute Gasteiger partial charge is 0.303 e. The molecule has 1 N–H and O–H groups in total. The van der Waals surface area contributed by atoms with Crippen molar-refractivity contribution in [2.75, 3.05) is 0 Å². The first kappa shape index (κ1) is 10.7. The Morgan fingerprint density at radius 3 is 1.50 bits per heavy atom. The van der Waals surface area contributed by atoms with Gasteiger partial charge in [-0.3, -0.25) is 4.79 Å². The van der Waals surface area contributed by atoms with Crippen LogP contribution in [0.5, 0.6) is 0 Å². The topological polar surface area (TPSA) is 37.3 Å². The van der Waals surface area contributed by atoms with Gasteiger partial charge in [-0.2, -0.15) is 0 Å². The Balaban J connectivity index is 0.000000202. The van der Waals surface area contributed by atoms with Crippen LogP contribution in [0.1, 0.15) is 19.8 Å². The van der Waals surface area contributed by atoms with E-state index in [9.17, 15) is 4.79 Å². The first-order valence-electron chi connectivity index (χ1n) is 3.99. The summed E-state index contributed by atoms with van der Waals surface area (Å²) in [7, 11) is 0. The van der Waals surface area contributed by atoms with Crippen LogP contribution in [-0.2, 0) is 4.79 Å². The van der Waals surface area contributed by atoms with Crippen molar-refractivity contribution in [3.63, 3.8) is 0 Å². The van der Waals surface area contributed by atoms with Crippen molar-refractivity contribution in [3.8, 4) is 0 Å². The Bertz CT molecular complexity index is 168. The van der Waals surface area contributed by atoms with Gasteiger partial charge in [-0.25, -0.2) is 0 Å². The summed E-state index contributed by atoms with van der Waals surface area (Å²) < 4.78 is 0. The Labute approximate surface area is 72.9 Å². The van der Waals surface area contributed by atoms with E-state index in [1.165, 1.54) is 0 Å². The van der Waals surface area contributed by atoms with Crippen LogP contribution in [0.2, 0.25) is 0 Å². The molecule has 1 aromatic carbocycles. The molecule has 0 radical (unpaired) electrons. The van der Waals surface area contributed by atoms with Gasteiger partial charge in [0.2, 0.25) is 0 Å². The third-order valence-electron chi connectivity index (χ3n) is 1.13. The lowest BCUT2D eigenvalue weighted by Crippen LogP contribution is -1.90. The van der Waals surface area contributed by atoms with Gasteiger partial charge in [-0.1, -0.05) is 43.3 Å². The molecule has 0 aliphatic rings. The molecule has 0 amide bonds. The molecule has 2 nitrogen and oxygen atoms in total. The Hall–Kier alpha value is -1.31. The number of carbonyl (C=O) groups is 1. The molecule has 1 aromatic rings. The second-order valence-corrected chi connectivity index (χ2v) is 2.30. The van der Waals surface area contributed by atoms with Gasteiger partial charge in [0, 0.05) is 6.42 Å². The maximum Gasteiger partial charge on any atom is 0.303 e. The van der Waals surface area contributed by atoms with Gasteiger partial charge in [-0.15, -0.1) is 0 Å². The molecule has 0 aromatic heterocycles. The average molecular weight is 166 g/mol. The van der Waals surface area contributed by atoms with Crippen LogP contribution >= 0.6 is 0 Å². The SMILES string of the molecule is CCCC(=O)O.c1ccccc1. The minimum absolute atomic E-state index is 0.292. The van der Waals surface area contributed by atoms with E-state index in [0.717, 1.165) is 6.42 Å². The molecule has 0 aliphatic heterocycles. The molecule has 1 rings (SSSR count). The third kappa shape index (κ3) is 8.69. The summed E-state index contributed by atoms with van der Waals surface area (Å²) in [5.74, 6) is -0.711. The summed E-state index contributed by atoms with van der Waals surface area (Å²) in [6.45, 7) is 1.84. The number of hydrogen-bond donors (Lipinski definition) is 1. The van der Waals surface area contributed by atoms with Crippen molar-refractivity contribution in [3.05, 3.63) is 36.4 Å². The van der Waals surface area contributed by atoms with Crippen molar-refractivity contribution >= 4 is 5.97 Å². The van der Waals surface area contributed by atoms with Crippen LogP contribution in [-0.4, -0.2) is 11.1 Å². The lowest BCUT2D eigenvalue weighted by Gasteiger charge is -1.79. The number of carboxylic acid groups (broad SMARTS) is 1. The largest absolute Gasteiger partial charge is 0.481 e. The summed E-state index contributed by atoms with van der Waals surface area (Å²) in [5.41, 5.74) is 0. The minimum atomic E-state index is -0.711. The van der Waals surface area contributed by atoms with Crippen molar-refractivity contribution in [2.45, 2.75) is 19.8 Å². The third-order valence-corrected chi connectivity index (χ3v) is 1.13. The van der Waals surface area contributed by atoms with Crippen molar-refractivity contribution in [1.82, 2.24) is 0 Å². The maximum absolute atomic E-state index is 9.60. The number of benzene rings is 1. The van der Waals surface area contributed by atoms with Gasteiger partial charge in [-0.05, 0) is 6.42 Å². The van der Waals surface area contributed by atoms with E-state index in [2.05, 4.69) is 0 Å². The van der Waals surface area contributed by atoms with Gasteiger partial charge in [0.15, 0.2) is 0 Å². The van der Waals surface area contributed by atoms with Gasteiger partial charge in [0.25, 0.3) is 0 Å². The van der Waals surface area contributed by atoms with E-state index in [-0.39, 0.29) is 0 Å². The van der Waals surface area contributed by atoms with Crippen LogP contribution in [0, 0.1) is 0 Å². The summed E-state index contributed by atoms with van der Waals surface area (Å²) in [6.07, 6.45) is 1.02. The standard InChI is InChI=1S/C6H6.C4H8O2/c1-2-4-6-5-3-1;1-2-3-4(5)6/h1-6H;2-3H2,1H3,(H,5,6).